The number of hydrogen-bond acceptors (Lipinski definition) is 6. The first-order valence-corrected chi connectivity index (χ1v) is 10.4. The number of anilines is 2. The Kier molecular flexibility index (Phi) is 5.82. The maximum absolute atomic E-state index is 12.7. The van der Waals surface area contributed by atoms with E-state index in [0.717, 1.165) is 16.8 Å². The van der Waals surface area contributed by atoms with E-state index in [1.54, 1.807) is 18.7 Å². The largest absolute Gasteiger partial charge is 0.497 e. The summed E-state index contributed by atoms with van der Waals surface area (Å²) in [5.74, 6) is 0.527. The highest BCUT2D eigenvalue weighted by Gasteiger charge is 2.36. The van der Waals surface area contributed by atoms with Crippen molar-refractivity contribution in [3.05, 3.63) is 63.8 Å². The lowest BCUT2D eigenvalue weighted by atomic mass is 10.0. The zero-order chi connectivity index (χ0) is 23.7. The number of aryl methyl sites for hydroxylation is 2. The van der Waals surface area contributed by atoms with Crippen molar-refractivity contribution >= 4 is 29.0 Å². The first-order chi connectivity index (χ1) is 15.8. The van der Waals surface area contributed by atoms with E-state index in [2.05, 4.69) is 15.7 Å². The molecule has 0 aliphatic carbocycles. The standard InChI is InChI=1S/C23H23N5O5/c1-4-17-21(14-6-5-7-16(11-14)33-3)22-25-23(30)19(27(22)26-17)12-20(29)24-18-9-8-15(28(31)32)10-13(18)2/h5-11,19H,4,12H2,1-3H3,(H,24,29)(H,25,30). The van der Waals surface area contributed by atoms with Gasteiger partial charge in [0.25, 0.3) is 11.6 Å². The molecule has 1 unspecified atom stereocenters. The van der Waals surface area contributed by atoms with Crippen LogP contribution in [0.3, 0.4) is 0 Å². The quantitative estimate of drug-likeness (QED) is 0.416. The molecule has 0 saturated heterocycles. The molecule has 10 nitrogen and oxygen atoms in total. The number of benzene rings is 2. The van der Waals surface area contributed by atoms with Crippen molar-refractivity contribution < 1.29 is 19.2 Å². The van der Waals surface area contributed by atoms with E-state index in [0.29, 0.717) is 29.2 Å². The fraction of sp³-hybridized carbons (Fsp3) is 0.261. The van der Waals surface area contributed by atoms with Gasteiger partial charge < -0.3 is 15.4 Å². The lowest BCUT2D eigenvalue weighted by Crippen LogP contribution is -2.24. The summed E-state index contributed by atoms with van der Waals surface area (Å²) in [4.78, 5) is 35.9. The van der Waals surface area contributed by atoms with Gasteiger partial charge in [-0.15, -0.1) is 0 Å². The van der Waals surface area contributed by atoms with Crippen molar-refractivity contribution in [1.82, 2.24) is 9.78 Å². The van der Waals surface area contributed by atoms with Gasteiger partial charge in [-0.3, -0.25) is 19.7 Å². The van der Waals surface area contributed by atoms with Gasteiger partial charge >= 0.3 is 0 Å². The molecule has 170 valence electrons. The van der Waals surface area contributed by atoms with Crippen LogP contribution in [0.15, 0.2) is 42.5 Å². The second-order valence-electron chi connectivity index (χ2n) is 7.71. The minimum Gasteiger partial charge on any atom is -0.497 e. The summed E-state index contributed by atoms with van der Waals surface area (Å²) in [5.41, 5.74) is 3.42. The molecular weight excluding hydrogens is 426 g/mol. The third kappa shape index (κ3) is 4.14. The number of nitrogens with zero attached hydrogens (tertiary/aromatic N) is 3. The van der Waals surface area contributed by atoms with Gasteiger partial charge in [-0.25, -0.2) is 4.68 Å². The predicted molar refractivity (Wildman–Crippen MR) is 122 cm³/mol. The number of methoxy groups -OCH3 is 1. The maximum atomic E-state index is 12.7. The molecule has 0 fully saturated rings. The van der Waals surface area contributed by atoms with Crippen LogP contribution in [0, 0.1) is 17.0 Å². The number of non-ortho nitro benzene ring substituents is 1. The van der Waals surface area contributed by atoms with Crippen LogP contribution in [0.1, 0.15) is 30.6 Å². The van der Waals surface area contributed by atoms with E-state index in [9.17, 15) is 19.7 Å². The van der Waals surface area contributed by atoms with E-state index in [-0.39, 0.29) is 18.0 Å². The molecule has 2 N–H and O–H groups in total. The SMILES string of the molecule is CCc1nn2c(c1-c1cccc(OC)c1)NC(=O)C2CC(=O)Nc1ccc([N+](=O)[O-])cc1C. The molecule has 3 aromatic rings. The molecule has 0 bridgehead atoms. The molecule has 2 aromatic carbocycles. The lowest BCUT2D eigenvalue weighted by Gasteiger charge is -2.11. The minimum absolute atomic E-state index is 0.0565. The molecule has 2 heterocycles. The fourth-order valence-corrected chi connectivity index (χ4v) is 3.92. The van der Waals surface area contributed by atoms with Crippen molar-refractivity contribution in [2.45, 2.75) is 32.7 Å². The van der Waals surface area contributed by atoms with Crippen molar-refractivity contribution in [2.75, 3.05) is 17.7 Å². The van der Waals surface area contributed by atoms with Gasteiger partial charge in [-0.05, 0) is 42.7 Å². The third-order valence-corrected chi connectivity index (χ3v) is 5.59. The van der Waals surface area contributed by atoms with Gasteiger partial charge in [-0.1, -0.05) is 19.1 Å². The number of amides is 2. The summed E-state index contributed by atoms with van der Waals surface area (Å²) in [7, 11) is 1.59. The van der Waals surface area contributed by atoms with Crippen molar-refractivity contribution in [1.29, 1.82) is 0 Å². The summed E-state index contributed by atoms with van der Waals surface area (Å²) in [6, 6.07) is 10.9. The molecule has 10 heteroatoms. The smallest absolute Gasteiger partial charge is 0.269 e. The number of ether oxygens (including phenoxy) is 1. The molecule has 1 atom stereocenters. The summed E-state index contributed by atoms with van der Waals surface area (Å²) >= 11 is 0. The molecule has 2 amide bonds. The van der Waals surface area contributed by atoms with Crippen LogP contribution >= 0.6 is 0 Å². The van der Waals surface area contributed by atoms with E-state index < -0.39 is 16.9 Å². The molecule has 1 aliphatic heterocycles. The predicted octanol–water partition coefficient (Wildman–Crippen LogP) is 3.86. The van der Waals surface area contributed by atoms with E-state index in [1.165, 1.54) is 18.2 Å². The van der Waals surface area contributed by atoms with Crippen molar-refractivity contribution in [2.24, 2.45) is 0 Å². The van der Waals surface area contributed by atoms with Crippen LogP contribution in [0.2, 0.25) is 0 Å². The lowest BCUT2D eigenvalue weighted by molar-refractivity contribution is -0.384. The number of hydrogen-bond donors (Lipinski definition) is 2. The Hall–Kier alpha value is -4.21. The zero-order valence-electron chi connectivity index (χ0n) is 18.4. The second-order valence-corrected chi connectivity index (χ2v) is 7.71. The Morgan fingerprint density at radius 2 is 2.09 bits per heavy atom. The van der Waals surface area contributed by atoms with Crippen LogP contribution in [-0.4, -0.2) is 33.6 Å². The van der Waals surface area contributed by atoms with Gasteiger partial charge in [0.1, 0.15) is 17.6 Å². The number of carbonyl (C=O) groups excluding carboxylic acids is 2. The average molecular weight is 449 g/mol. The highest BCUT2D eigenvalue weighted by atomic mass is 16.6. The normalized spacial score (nSPS) is 14.5. The van der Waals surface area contributed by atoms with Crippen LogP contribution in [0.4, 0.5) is 17.2 Å². The second kappa shape index (κ2) is 8.73. The Bertz CT molecular complexity index is 1270. The van der Waals surface area contributed by atoms with Crippen LogP contribution in [-0.2, 0) is 16.0 Å². The number of nitro benzene ring substituents is 1. The van der Waals surface area contributed by atoms with E-state index >= 15 is 0 Å². The number of nitrogens with one attached hydrogen (secondary N) is 2. The summed E-state index contributed by atoms with van der Waals surface area (Å²) in [5, 5.41) is 21.1. The summed E-state index contributed by atoms with van der Waals surface area (Å²) in [6.45, 7) is 3.65. The number of fused-ring (bicyclic) bond motifs is 1. The van der Waals surface area contributed by atoms with Gasteiger partial charge in [0, 0.05) is 23.4 Å². The molecule has 0 saturated carbocycles. The van der Waals surface area contributed by atoms with Gasteiger partial charge in [-0.2, -0.15) is 5.10 Å². The molecule has 4 rings (SSSR count). The van der Waals surface area contributed by atoms with Crippen molar-refractivity contribution in [3.63, 3.8) is 0 Å². The van der Waals surface area contributed by atoms with Gasteiger partial charge in [0.15, 0.2) is 0 Å². The van der Waals surface area contributed by atoms with E-state index in [4.69, 9.17) is 4.74 Å². The molecule has 1 aliphatic rings. The van der Waals surface area contributed by atoms with Crippen molar-refractivity contribution in [3.8, 4) is 16.9 Å². The highest BCUT2D eigenvalue weighted by Crippen LogP contribution is 2.39. The Morgan fingerprint density at radius 3 is 2.76 bits per heavy atom. The molecule has 0 radical (unpaired) electrons. The average Bonchev–Trinajstić information content (AvgIpc) is 3.30. The monoisotopic (exact) mass is 449 g/mol. The van der Waals surface area contributed by atoms with E-state index in [1.807, 2.05) is 31.2 Å². The molecule has 33 heavy (non-hydrogen) atoms. The number of rotatable bonds is 7. The number of nitro groups is 1. The van der Waals surface area contributed by atoms with Crippen LogP contribution < -0.4 is 15.4 Å². The van der Waals surface area contributed by atoms with Crippen LogP contribution in [0.25, 0.3) is 11.1 Å². The van der Waals surface area contributed by atoms with Gasteiger partial charge in [0.05, 0.1) is 24.1 Å². The Morgan fingerprint density at radius 1 is 1.30 bits per heavy atom. The topological polar surface area (TPSA) is 128 Å². The fourth-order valence-electron chi connectivity index (χ4n) is 3.92. The third-order valence-electron chi connectivity index (χ3n) is 5.59. The summed E-state index contributed by atoms with van der Waals surface area (Å²) in [6.07, 6.45) is 0.515. The highest BCUT2D eigenvalue weighted by molar-refractivity contribution is 6.04. The molecule has 1 aromatic heterocycles. The maximum Gasteiger partial charge on any atom is 0.269 e. The number of aromatic nitrogens is 2. The molecular formula is C23H23N5O5. The van der Waals surface area contributed by atoms with Crippen LogP contribution in [0.5, 0.6) is 5.75 Å². The first-order valence-electron chi connectivity index (χ1n) is 10.4. The summed E-state index contributed by atoms with van der Waals surface area (Å²) < 4.78 is 6.89. The minimum atomic E-state index is -0.803. The Balaban J connectivity index is 1.59. The molecule has 0 spiro atoms. The number of carbonyl (C=O) groups is 2. The van der Waals surface area contributed by atoms with Gasteiger partial charge in [0.2, 0.25) is 5.91 Å². The zero-order valence-corrected chi connectivity index (χ0v) is 18.4. The first kappa shape index (κ1) is 22.0. The Labute approximate surface area is 189 Å².